The molecular weight excluding hydrogens is 320 g/mol. The molecule has 0 amide bonds. The fraction of sp³-hybridized carbons (Fsp3) is 0.474. The molecule has 1 saturated heterocycles. The summed E-state index contributed by atoms with van der Waals surface area (Å²) < 4.78 is 11.6. The van der Waals surface area contributed by atoms with Crippen LogP contribution in [0.5, 0.6) is 11.5 Å². The van der Waals surface area contributed by atoms with E-state index in [4.69, 9.17) is 9.47 Å². The number of rotatable bonds is 5. The minimum absolute atomic E-state index is 0.645. The van der Waals surface area contributed by atoms with Crippen LogP contribution < -0.4 is 14.4 Å². The number of piperazine rings is 1. The zero-order valence-electron chi connectivity index (χ0n) is 13.9. The lowest BCUT2D eigenvalue weighted by Gasteiger charge is -2.37. The van der Waals surface area contributed by atoms with E-state index in [1.165, 1.54) is 30.6 Å². The molecule has 2 aliphatic rings. The zero-order valence-corrected chi connectivity index (χ0v) is 14.8. The predicted molar refractivity (Wildman–Crippen MR) is 98.7 cm³/mol. The van der Waals surface area contributed by atoms with Crippen molar-refractivity contribution in [3.8, 4) is 11.5 Å². The summed E-state index contributed by atoms with van der Waals surface area (Å²) in [6, 6.07) is 8.46. The smallest absolute Gasteiger partial charge is 0.184 e. The van der Waals surface area contributed by atoms with Crippen LogP contribution in [0.3, 0.4) is 0 Å². The quantitative estimate of drug-likeness (QED) is 0.831. The van der Waals surface area contributed by atoms with Gasteiger partial charge in [-0.2, -0.15) is 11.3 Å². The molecule has 0 unspecified atom stereocenters. The summed E-state index contributed by atoms with van der Waals surface area (Å²) in [6.07, 6.45) is 2.44. The van der Waals surface area contributed by atoms with Gasteiger partial charge in [0.05, 0.1) is 5.69 Å². The molecule has 0 radical (unpaired) electrons. The lowest BCUT2D eigenvalue weighted by molar-refractivity contribution is 0.171. The molecule has 4 rings (SSSR count). The Labute approximate surface area is 147 Å². The molecule has 4 nitrogen and oxygen atoms in total. The average molecular weight is 344 g/mol. The van der Waals surface area contributed by atoms with Crippen LogP contribution in [-0.2, 0) is 6.42 Å². The van der Waals surface area contributed by atoms with E-state index in [9.17, 15) is 0 Å². The van der Waals surface area contributed by atoms with Gasteiger partial charge >= 0.3 is 0 Å². The summed E-state index contributed by atoms with van der Waals surface area (Å²) in [5, 5.41) is 4.43. The zero-order chi connectivity index (χ0) is 16.2. The number of para-hydroxylation sites is 1. The number of thiophene rings is 1. The molecule has 1 aromatic heterocycles. The molecule has 24 heavy (non-hydrogen) atoms. The summed E-state index contributed by atoms with van der Waals surface area (Å²) >= 11 is 1.79. The van der Waals surface area contributed by atoms with E-state index in [-0.39, 0.29) is 0 Å². The summed E-state index contributed by atoms with van der Waals surface area (Å²) in [5.74, 6) is 1.81. The van der Waals surface area contributed by atoms with Crippen molar-refractivity contribution in [3.63, 3.8) is 0 Å². The molecular formula is C19H24N2O2S. The number of benzene rings is 1. The van der Waals surface area contributed by atoms with Crippen molar-refractivity contribution in [3.05, 3.63) is 40.6 Å². The van der Waals surface area contributed by atoms with Crippen LogP contribution in [0.25, 0.3) is 0 Å². The van der Waals surface area contributed by atoms with Crippen molar-refractivity contribution in [2.45, 2.75) is 12.8 Å². The summed E-state index contributed by atoms with van der Waals surface area (Å²) in [6.45, 7) is 6.83. The third-order valence-electron chi connectivity index (χ3n) is 4.78. The molecule has 2 aliphatic heterocycles. The van der Waals surface area contributed by atoms with Crippen molar-refractivity contribution in [2.24, 2.45) is 0 Å². The highest BCUT2D eigenvalue weighted by Crippen LogP contribution is 2.39. The van der Waals surface area contributed by atoms with E-state index >= 15 is 0 Å². The second kappa shape index (κ2) is 7.45. The van der Waals surface area contributed by atoms with Crippen molar-refractivity contribution < 1.29 is 9.47 Å². The third-order valence-corrected chi connectivity index (χ3v) is 5.51. The van der Waals surface area contributed by atoms with Gasteiger partial charge in [-0.15, -0.1) is 0 Å². The third kappa shape index (κ3) is 3.52. The second-order valence-corrected chi connectivity index (χ2v) is 7.15. The molecule has 0 saturated carbocycles. The molecule has 128 valence electrons. The Morgan fingerprint density at radius 3 is 2.71 bits per heavy atom. The van der Waals surface area contributed by atoms with Crippen LogP contribution in [-0.4, -0.2) is 50.8 Å². The minimum Gasteiger partial charge on any atom is -0.486 e. The molecule has 2 aromatic rings. The van der Waals surface area contributed by atoms with Gasteiger partial charge in [-0.3, -0.25) is 4.90 Å². The van der Waals surface area contributed by atoms with Crippen molar-refractivity contribution in [1.82, 2.24) is 4.90 Å². The van der Waals surface area contributed by atoms with Gasteiger partial charge in [-0.05, 0) is 53.9 Å². The predicted octanol–water partition coefficient (Wildman–Crippen LogP) is 3.27. The van der Waals surface area contributed by atoms with E-state index in [0.29, 0.717) is 13.2 Å². The SMILES string of the molecule is c1cc2c(c(N3CCN(CCCc4ccsc4)CC3)c1)OCCO2. The van der Waals surface area contributed by atoms with Crippen molar-refractivity contribution in [2.75, 3.05) is 50.8 Å². The molecule has 0 atom stereocenters. The van der Waals surface area contributed by atoms with Gasteiger partial charge in [-0.25, -0.2) is 0 Å². The van der Waals surface area contributed by atoms with Gasteiger partial charge in [0.25, 0.3) is 0 Å². The first kappa shape index (κ1) is 15.8. The molecule has 0 spiro atoms. The maximum atomic E-state index is 5.86. The van der Waals surface area contributed by atoms with Crippen LogP contribution >= 0.6 is 11.3 Å². The van der Waals surface area contributed by atoms with Gasteiger partial charge in [0.15, 0.2) is 11.5 Å². The molecule has 1 fully saturated rings. The average Bonchev–Trinajstić information content (AvgIpc) is 3.15. The fourth-order valence-corrected chi connectivity index (χ4v) is 4.16. The number of fused-ring (bicyclic) bond motifs is 1. The lowest BCUT2D eigenvalue weighted by Crippen LogP contribution is -2.46. The Hall–Kier alpha value is -1.72. The Morgan fingerprint density at radius 1 is 1.00 bits per heavy atom. The van der Waals surface area contributed by atoms with E-state index in [2.05, 4.69) is 38.8 Å². The van der Waals surface area contributed by atoms with Gasteiger partial charge in [-0.1, -0.05) is 6.07 Å². The monoisotopic (exact) mass is 344 g/mol. The van der Waals surface area contributed by atoms with Gasteiger partial charge in [0.1, 0.15) is 13.2 Å². The molecule has 0 N–H and O–H groups in total. The van der Waals surface area contributed by atoms with Crippen LogP contribution in [0, 0.1) is 0 Å². The minimum atomic E-state index is 0.645. The van der Waals surface area contributed by atoms with E-state index in [1.807, 2.05) is 6.07 Å². The van der Waals surface area contributed by atoms with Crippen LogP contribution in [0.4, 0.5) is 5.69 Å². The standard InChI is InChI=1S/C19H24N2O2S/c1-4-17(19-18(5-1)22-12-13-23-19)21-10-8-20(9-11-21)7-2-3-16-6-14-24-15-16/h1,4-6,14-15H,2-3,7-13H2. The van der Waals surface area contributed by atoms with Crippen LogP contribution in [0.15, 0.2) is 35.0 Å². The summed E-state index contributed by atoms with van der Waals surface area (Å²) in [5.41, 5.74) is 2.66. The Morgan fingerprint density at radius 2 is 1.88 bits per heavy atom. The lowest BCUT2D eigenvalue weighted by atomic mass is 10.1. The molecule has 5 heteroatoms. The van der Waals surface area contributed by atoms with Gasteiger partial charge in [0.2, 0.25) is 0 Å². The first-order chi connectivity index (χ1) is 11.9. The molecule has 1 aromatic carbocycles. The number of nitrogens with zero attached hydrogens (tertiary/aromatic N) is 2. The van der Waals surface area contributed by atoms with Gasteiger partial charge < -0.3 is 14.4 Å². The van der Waals surface area contributed by atoms with Crippen molar-refractivity contribution in [1.29, 1.82) is 0 Å². The number of anilines is 1. The number of hydrogen-bond donors (Lipinski definition) is 0. The number of hydrogen-bond acceptors (Lipinski definition) is 5. The summed E-state index contributed by atoms with van der Waals surface area (Å²) in [7, 11) is 0. The Balaban J connectivity index is 1.30. The van der Waals surface area contributed by atoms with E-state index in [0.717, 1.165) is 37.7 Å². The maximum absolute atomic E-state index is 5.86. The first-order valence-electron chi connectivity index (χ1n) is 8.77. The Bertz CT molecular complexity index is 651. The van der Waals surface area contributed by atoms with Gasteiger partial charge in [0, 0.05) is 26.2 Å². The van der Waals surface area contributed by atoms with E-state index in [1.54, 1.807) is 11.3 Å². The molecule has 3 heterocycles. The Kier molecular flexibility index (Phi) is 4.90. The normalized spacial score (nSPS) is 17.9. The highest BCUT2D eigenvalue weighted by Gasteiger charge is 2.23. The van der Waals surface area contributed by atoms with Crippen LogP contribution in [0.1, 0.15) is 12.0 Å². The van der Waals surface area contributed by atoms with Crippen molar-refractivity contribution >= 4 is 17.0 Å². The first-order valence-corrected chi connectivity index (χ1v) is 9.71. The second-order valence-electron chi connectivity index (χ2n) is 6.37. The molecule has 0 aliphatic carbocycles. The number of ether oxygens (including phenoxy) is 2. The fourth-order valence-electron chi connectivity index (χ4n) is 3.46. The summed E-state index contributed by atoms with van der Waals surface area (Å²) in [4.78, 5) is 5.01. The number of aryl methyl sites for hydroxylation is 1. The largest absolute Gasteiger partial charge is 0.486 e. The highest BCUT2D eigenvalue weighted by molar-refractivity contribution is 7.07. The highest BCUT2D eigenvalue weighted by atomic mass is 32.1. The maximum Gasteiger partial charge on any atom is 0.184 e. The topological polar surface area (TPSA) is 24.9 Å². The van der Waals surface area contributed by atoms with Crippen LogP contribution in [0.2, 0.25) is 0 Å². The van der Waals surface area contributed by atoms with E-state index < -0.39 is 0 Å². The molecule has 0 bridgehead atoms.